The van der Waals surface area contributed by atoms with Gasteiger partial charge >= 0.3 is 0 Å². The van der Waals surface area contributed by atoms with Crippen molar-refractivity contribution in [3.05, 3.63) is 28.7 Å². The van der Waals surface area contributed by atoms with Crippen LogP contribution in [0.5, 0.6) is 5.75 Å². The highest BCUT2D eigenvalue weighted by Gasteiger charge is 2.15. The Kier molecular flexibility index (Phi) is 2.45. The van der Waals surface area contributed by atoms with Crippen LogP contribution in [-0.2, 0) is 5.54 Å². The molecule has 0 atom stereocenters. The molecule has 0 unspecified atom stereocenters. The Labute approximate surface area is 78.0 Å². The smallest absolute Gasteiger partial charge is 0.293 e. The maximum Gasteiger partial charge on any atom is 0.293 e. The third-order valence-electron chi connectivity index (χ3n) is 1.85. The summed E-state index contributed by atoms with van der Waals surface area (Å²) in [6.45, 7) is 5.94. The number of rotatable bonds is 1. The summed E-state index contributed by atoms with van der Waals surface area (Å²) < 4.78 is 6.61. The summed E-state index contributed by atoms with van der Waals surface area (Å²) >= 11 is 0. The standard InChI is InChI=1S/C10H15NO2/c1-10(2,3)11-7-5-6-8(13-4)9(11)12/h5-7H,1-4H3. The summed E-state index contributed by atoms with van der Waals surface area (Å²) in [6, 6.07) is 3.48. The molecule has 0 aromatic carbocycles. The summed E-state index contributed by atoms with van der Waals surface area (Å²) in [5, 5.41) is 0. The molecule has 72 valence electrons. The molecule has 0 amide bonds. The Morgan fingerprint density at radius 3 is 2.46 bits per heavy atom. The lowest BCUT2D eigenvalue weighted by molar-refractivity contribution is 0.356. The summed E-state index contributed by atoms with van der Waals surface area (Å²) in [4.78, 5) is 11.7. The van der Waals surface area contributed by atoms with E-state index >= 15 is 0 Å². The van der Waals surface area contributed by atoms with Gasteiger partial charge in [-0.15, -0.1) is 0 Å². The van der Waals surface area contributed by atoms with Crippen molar-refractivity contribution in [2.45, 2.75) is 26.3 Å². The Bertz CT molecular complexity index is 347. The van der Waals surface area contributed by atoms with Crippen LogP contribution >= 0.6 is 0 Å². The monoisotopic (exact) mass is 181 g/mol. The number of pyridine rings is 1. The fraction of sp³-hybridized carbons (Fsp3) is 0.500. The SMILES string of the molecule is COc1cccn(C(C)(C)C)c1=O. The molecule has 3 nitrogen and oxygen atoms in total. The van der Waals surface area contributed by atoms with Crippen LogP contribution in [0.25, 0.3) is 0 Å². The third kappa shape index (κ3) is 1.91. The van der Waals surface area contributed by atoms with Gasteiger partial charge in [0.05, 0.1) is 7.11 Å². The zero-order valence-corrected chi connectivity index (χ0v) is 8.50. The van der Waals surface area contributed by atoms with Gasteiger partial charge in [0.15, 0.2) is 5.75 Å². The van der Waals surface area contributed by atoms with Crippen molar-refractivity contribution in [2.24, 2.45) is 0 Å². The van der Waals surface area contributed by atoms with Gasteiger partial charge in [0.2, 0.25) is 0 Å². The molecule has 0 fully saturated rings. The van der Waals surface area contributed by atoms with Gasteiger partial charge in [-0.05, 0) is 32.9 Å². The molecule has 13 heavy (non-hydrogen) atoms. The summed E-state index contributed by atoms with van der Waals surface area (Å²) in [5.74, 6) is 0.387. The molecule has 0 saturated carbocycles. The number of aromatic nitrogens is 1. The summed E-state index contributed by atoms with van der Waals surface area (Å²) in [5.41, 5.74) is -0.288. The molecule has 0 bridgehead atoms. The van der Waals surface area contributed by atoms with E-state index in [1.54, 1.807) is 16.8 Å². The van der Waals surface area contributed by atoms with E-state index in [0.29, 0.717) is 5.75 Å². The van der Waals surface area contributed by atoms with E-state index in [4.69, 9.17) is 4.74 Å². The van der Waals surface area contributed by atoms with Crippen LogP contribution in [0.1, 0.15) is 20.8 Å². The number of methoxy groups -OCH3 is 1. The number of nitrogens with zero attached hydrogens (tertiary/aromatic N) is 1. The van der Waals surface area contributed by atoms with E-state index in [-0.39, 0.29) is 11.1 Å². The molecule has 1 rings (SSSR count). The lowest BCUT2D eigenvalue weighted by Crippen LogP contribution is -2.33. The van der Waals surface area contributed by atoms with Crippen molar-refractivity contribution in [1.29, 1.82) is 0 Å². The fourth-order valence-corrected chi connectivity index (χ4v) is 1.16. The molecule has 0 saturated heterocycles. The second kappa shape index (κ2) is 3.24. The first-order valence-electron chi connectivity index (χ1n) is 4.23. The van der Waals surface area contributed by atoms with Crippen LogP contribution in [0.3, 0.4) is 0 Å². The molecule has 0 aliphatic heterocycles. The average Bonchev–Trinajstić information content (AvgIpc) is 2.02. The first-order valence-corrected chi connectivity index (χ1v) is 4.23. The molecule has 0 aliphatic carbocycles. The zero-order valence-electron chi connectivity index (χ0n) is 8.50. The van der Waals surface area contributed by atoms with Gasteiger partial charge in [0.1, 0.15) is 0 Å². The largest absolute Gasteiger partial charge is 0.491 e. The second-order valence-corrected chi connectivity index (χ2v) is 3.92. The molecule has 0 N–H and O–H groups in total. The van der Waals surface area contributed by atoms with Gasteiger partial charge in [-0.25, -0.2) is 0 Å². The maximum absolute atomic E-state index is 11.7. The molecule has 1 heterocycles. The Morgan fingerprint density at radius 2 is 2.00 bits per heavy atom. The van der Waals surface area contributed by atoms with E-state index in [0.717, 1.165) is 0 Å². The molecular formula is C10H15NO2. The van der Waals surface area contributed by atoms with Crippen LogP contribution in [0.15, 0.2) is 23.1 Å². The first-order chi connectivity index (χ1) is 5.96. The topological polar surface area (TPSA) is 31.2 Å². The van der Waals surface area contributed by atoms with E-state index < -0.39 is 0 Å². The highest BCUT2D eigenvalue weighted by Crippen LogP contribution is 2.12. The highest BCUT2D eigenvalue weighted by atomic mass is 16.5. The molecule has 0 radical (unpaired) electrons. The lowest BCUT2D eigenvalue weighted by atomic mass is 10.1. The minimum absolute atomic E-state index is 0.0856. The molecule has 0 spiro atoms. The maximum atomic E-state index is 11.7. The van der Waals surface area contributed by atoms with Crippen molar-refractivity contribution < 1.29 is 4.74 Å². The van der Waals surface area contributed by atoms with Crippen LogP contribution in [0.4, 0.5) is 0 Å². The van der Waals surface area contributed by atoms with Gasteiger partial charge in [0, 0.05) is 11.7 Å². The van der Waals surface area contributed by atoms with Crippen molar-refractivity contribution in [1.82, 2.24) is 4.57 Å². The van der Waals surface area contributed by atoms with E-state index in [1.807, 2.05) is 26.8 Å². The van der Waals surface area contributed by atoms with Gasteiger partial charge < -0.3 is 9.30 Å². The minimum Gasteiger partial charge on any atom is -0.491 e. The zero-order chi connectivity index (χ0) is 10.1. The third-order valence-corrected chi connectivity index (χ3v) is 1.85. The van der Waals surface area contributed by atoms with Gasteiger partial charge in [-0.2, -0.15) is 0 Å². The Morgan fingerprint density at radius 1 is 1.38 bits per heavy atom. The lowest BCUT2D eigenvalue weighted by Gasteiger charge is -2.22. The van der Waals surface area contributed by atoms with Crippen molar-refractivity contribution in [3.8, 4) is 5.75 Å². The molecule has 0 aliphatic rings. The first kappa shape index (κ1) is 9.84. The predicted molar refractivity (Wildman–Crippen MR) is 52.3 cm³/mol. The van der Waals surface area contributed by atoms with Crippen molar-refractivity contribution in [3.63, 3.8) is 0 Å². The summed E-state index contributed by atoms with van der Waals surface area (Å²) in [7, 11) is 1.50. The van der Waals surface area contributed by atoms with E-state index in [2.05, 4.69) is 0 Å². The van der Waals surface area contributed by atoms with Gasteiger partial charge in [0.25, 0.3) is 5.56 Å². The number of hydrogen-bond donors (Lipinski definition) is 0. The number of ether oxygens (including phenoxy) is 1. The van der Waals surface area contributed by atoms with Crippen LogP contribution < -0.4 is 10.3 Å². The molecular weight excluding hydrogens is 166 g/mol. The number of hydrogen-bond acceptors (Lipinski definition) is 2. The van der Waals surface area contributed by atoms with E-state index in [9.17, 15) is 4.79 Å². The molecule has 1 aromatic rings. The normalized spacial score (nSPS) is 11.4. The Balaban J connectivity index is 3.33. The minimum atomic E-state index is -0.203. The van der Waals surface area contributed by atoms with Crippen LogP contribution in [0, 0.1) is 0 Å². The fourth-order valence-electron chi connectivity index (χ4n) is 1.16. The Hall–Kier alpha value is -1.25. The quantitative estimate of drug-likeness (QED) is 0.659. The summed E-state index contributed by atoms with van der Waals surface area (Å²) in [6.07, 6.45) is 1.77. The van der Waals surface area contributed by atoms with Crippen LogP contribution in [0.2, 0.25) is 0 Å². The van der Waals surface area contributed by atoms with Crippen molar-refractivity contribution in [2.75, 3.05) is 7.11 Å². The predicted octanol–water partition coefficient (Wildman–Crippen LogP) is 1.61. The van der Waals surface area contributed by atoms with E-state index in [1.165, 1.54) is 7.11 Å². The highest BCUT2D eigenvalue weighted by molar-refractivity contribution is 5.17. The van der Waals surface area contributed by atoms with Crippen LogP contribution in [-0.4, -0.2) is 11.7 Å². The van der Waals surface area contributed by atoms with Crippen molar-refractivity contribution >= 4 is 0 Å². The average molecular weight is 181 g/mol. The molecule has 3 heteroatoms. The second-order valence-electron chi connectivity index (χ2n) is 3.92. The van der Waals surface area contributed by atoms with Gasteiger partial charge in [-0.3, -0.25) is 4.79 Å². The molecule has 1 aromatic heterocycles. The van der Waals surface area contributed by atoms with Gasteiger partial charge in [-0.1, -0.05) is 0 Å².